The Hall–Kier alpha value is -3.35. The number of ether oxygens (including phenoxy) is 2. The number of benzene rings is 2. The lowest BCUT2D eigenvalue weighted by atomic mass is 10.0. The van der Waals surface area contributed by atoms with Crippen molar-refractivity contribution in [2.45, 2.75) is 25.8 Å². The molecule has 6 nitrogen and oxygen atoms in total. The minimum absolute atomic E-state index is 0.135. The van der Waals surface area contributed by atoms with Gasteiger partial charge in [0, 0.05) is 13.1 Å². The minimum atomic E-state index is -0.382. The summed E-state index contributed by atoms with van der Waals surface area (Å²) in [7, 11) is 0. The van der Waals surface area contributed by atoms with E-state index in [0.29, 0.717) is 28.3 Å². The van der Waals surface area contributed by atoms with E-state index in [1.165, 1.54) is 17.0 Å². The zero-order chi connectivity index (χ0) is 20.7. The summed E-state index contributed by atoms with van der Waals surface area (Å²) < 4.78 is 24.2. The molecule has 3 aliphatic heterocycles. The molecule has 7 heteroatoms. The van der Waals surface area contributed by atoms with Gasteiger partial charge in [0.15, 0.2) is 11.5 Å². The molecule has 5 rings (SSSR count). The smallest absolute Gasteiger partial charge is 0.278 e. The first-order valence-corrected chi connectivity index (χ1v) is 10.1. The normalized spacial score (nSPS) is 18.6. The van der Waals surface area contributed by atoms with Crippen LogP contribution in [0.4, 0.5) is 4.39 Å². The van der Waals surface area contributed by atoms with Gasteiger partial charge in [0.05, 0.1) is 12.1 Å². The molecule has 0 saturated carbocycles. The second-order valence-corrected chi connectivity index (χ2v) is 7.66. The number of fused-ring (bicyclic) bond motifs is 1. The Kier molecular flexibility index (Phi) is 4.65. The monoisotopic (exact) mass is 408 g/mol. The second kappa shape index (κ2) is 7.48. The van der Waals surface area contributed by atoms with Gasteiger partial charge < -0.3 is 14.4 Å². The lowest BCUT2D eigenvalue weighted by Gasteiger charge is -2.29. The van der Waals surface area contributed by atoms with Crippen molar-refractivity contribution in [3.05, 3.63) is 65.1 Å². The first kappa shape index (κ1) is 18.7. The van der Waals surface area contributed by atoms with Gasteiger partial charge in [-0.05, 0) is 54.7 Å². The summed E-state index contributed by atoms with van der Waals surface area (Å²) >= 11 is 0. The van der Waals surface area contributed by atoms with E-state index in [0.717, 1.165) is 37.9 Å². The number of imide groups is 1. The zero-order valence-corrected chi connectivity index (χ0v) is 16.4. The van der Waals surface area contributed by atoms with Gasteiger partial charge in [0.1, 0.15) is 11.5 Å². The number of likely N-dealkylation sites (tertiary alicyclic amines) is 1. The lowest BCUT2D eigenvalue weighted by molar-refractivity contribution is -0.138. The topological polar surface area (TPSA) is 59.1 Å². The first-order valence-electron chi connectivity index (χ1n) is 10.1. The van der Waals surface area contributed by atoms with Crippen LogP contribution in [0.5, 0.6) is 11.5 Å². The Bertz CT molecular complexity index is 1040. The average Bonchev–Trinajstić information content (AvgIpc) is 3.33. The fourth-order valence-electron chi connectivity index (χ4n) is 4.22. The quantitative estimate of drug-likeness (QED) is 0.727. The highest BCUT2D eigenvalue weighted by Crippen LogP contribution is 2.36. The molecule has 2 aromatic rings. The molecule has 0 atom stereocenters. The van der Waals surface area contributed by atoms with Gasteiger partial charge in [0.2, 0.25) is 6.79 Å². The molecule has 2 aromatic carbocycles. The maximum atomic E-state index is 13.5. The molecule has 0 spiro atoms. The molecule has 2 amide bonds. The molecule has 0 unspecified atom stereocenters. The summed E-state index contributed by atoms with van der Waals surface area (Å²) in [6.07, 6.45) is 3.06. The van der Waals surface area contributed by atoms with Crippen LogP contribution in [-0.4, -0.2) is 41.5 Å². The summed E-state index contributed by atoms with van der Waals surface area (Å²) in [6, 6.07) is 11.1. The van der Waals surface area contributed by atoms with Crippen molar-refractivity contribution in [1.82, 2.24) is 9.80 Å². The van der Waals surface area contributed by atoms with E-state index in [-0.39, 0.29) is 31.0 Å². The standard InChI is InChI=1S/C23H21FN2O4/c24-17-7-5-16(6-8-17)20-21(25-10-2-1-3-11-25)23(28)26(22(20)27)13-15-4-9-18-19(12-15)30-14-29-18/h4-9,12H,1-3,10-11,13-14H2. The maximum Gasteiger partial charge on any atom is 0.278 e. The SMILES string of the molecule is O=C1C(c2ccc(F)cc2)=C(N2CCCCC2)C(=O)N1Cc1ccc2c(c1)OCO2. The number of carbonyl (C=O) groups is 2. The van der Waals surface area contributed by atoms with Crippen molar-refractivity contribution < 1.29 is 23.5 Å². The third kappa shape index (κ3) is 3.20. The molecule has 154 valence electrons. The summed E-state index contributed by atoms with van der Waals surface area (Å²) in [5.41, 5.74) is 2.11. The van der Waals surface area contributed by atoms with Gasteiger partial charge in [-0.2, -0.15) is 0 Å². The van der Waals surface area contributed by atoms with Gasteiger partial charge in [-0.1, -0.05) is 18.2 Å². The number of rotatable bonds is 4. The number of nitrogens with zero attached hydrogens (tertiary/aromatic N) is 2. The Balaban J connectivity index is 1.50. The Morgan fingerprint density at radius 1 is 0.867 bits per heavy atom. The van der Waals surface area contributed by atoms with E-state index in [4.69, 9.17) is 9.47 Å². The second-order valence-electron chi connectivity index (χ2n) is 7.66. The molecular weight excluding hydrogens is 387 g/mol. The minimum Gasteiger partial charge on any atom is -0.454 e. The third-order valence-electron chi connectivity index (χ3n) is 5.73. The molecular formula is C23H21FN2O4. The number of halogens is 1. The number of carbonyl (C=O) groups excluding carboxylic acids is 2. The molecule has 0 N–H and O–H groups in total. The maximum absolute atomic E-state index is 13.5. The molecule has 3 aliphatic rings. The summed E-state index contributed by atoms with van der Waals surface area (Å²) in [5.74, 6) is 0.211. The van der Waals surface area contributed by atoms with Crippen molar-refractivity contribution >= 4 is 17.4 Å². The number of amides is 2. The predicted octanol–water partition coefficient (Wildman–Crippen LogP) is 3.32. The van der Waals surface area contributed by atoms with Crippen LogP contribution >= 0.6 is 0 Å². The van der Waals surface area contributed by atoms with Crippen LogP contribution < -0.4 is 9.47 Å². The molecule has 3 heterocycles. The highest BCUT2D eigenvalue weighted by Gasteiger charge is 2.41. The summed E-state index contributed by atoms with van der Waals surface area (Å²) in [4.78, 5) is 30.0. The van der Waals surface area contributed by atoms with E-state index in [1.54, 1.807) is 24.3 Å². The number of hydrogen-bond donors (Lipinski definition) is 0. The highest BCUT2D eigenvalue weighted by molar-refractivity contribution is 6.35. The molecule has 0 bridgehead atoms. The summed E-state index contributed by atoms with van der Waals surface area (Å²) in [5, 5.41) is 0. The molecule has 0 radical (unpaired) electrons. The third-order valence-corrected chi connectivity index (χ3v) is 5.73. The Morgan fingerprint density at radius 2 is 1.60 bits per heavy atom. The van der Waals surface area contributed by atoms with Crippen molar-refractivity contribution in [3.63, 3.8) is 0 Å². The molecule has 30 heavy (non-hydrogen) atoms. The lowest BCUT2D eigenvalue weighted by Crippen LogP contribution is -2.36. The van der Waals surface area contributed by atoms with Gasteiger partial charge in [0.25, 0.3) is 11.8 Å². The fraction of sp³-hybridized carbons (Fsp3) is 0.304. The van der Waals surface area contributed by atoms with Gasteiger partial charge in [-0.25, -0.2) is 4.39 Å². The van der Waals surface area contributed by atoms with Crippen molar-refractivity contribution in [2.24, 2.45) is 0 Å². The van der Waals surface area contributed by atoms with Crippen LogP contribution in [0.15, 0.2) is 48.2 Å². The Labute approximate surface area is 173 Å². The van der Waals surface area contributed by atoms with Crippen LogP contribution in [0.1, 0.15) is 30.4 Å². The molecule has 1 saturated heterocycles. The van der Waals surface area contributed by atoms with Crippen LogP contribution in [-0.2, 0) is 16.1 Å². The first-order chi connectivity index (χ1) is 14.6. The van der Waals surface area contributed by atoms with E-state index >= 15 is 0 Å². The van der Waals surface area contributed by atoms with Crippen LogP contribution in [0.2, 0.25) is 0 Å². The fourth-order valence-corrected chi connectivity index (χ4v) is 4.22. The molecule has 1 fully saturated rings. The van der Waals surface area contributed by atoms with E-state index in [2.05, 4.69) is 0 Å². The van der Waals surface area contributed by atoms with E-state index in [1.807, 2.05) is 11.0 Å². The van der Waals surface area contributed by atoms with Gasteiger partial charge in [-0.15, -0.1) is 0 Å². The summed E-state index contributed by atoms with van der Waals surface area (Å²) in [6.45, 7) is 1.76. The predicted molar refractivity (Wildman–Crippen MR) is 107 cm³/mol. The van der Waals surface area contributed by atoms with Crippen LogP contribution in [0.25, 0.3) is 5.57 Å². The number of hydrogen-bond acceptors (Lipinski definition) is 5. The van der Waals surface area contributed by atoms with Crippen molar-refractivity contribution in [2.75, 3.05) is 19.9 Å². The number of piperidine rings is 1. The van der Waals surface area contributed by atoms with Crippen molar-refractivity contribution in [1.29, 1.82) is 0 Å². The van der Waals surface area contributed by atoms with E-state index in [9.17, 15) is 14.0 Å². The van der Waals surface area contributed by atoms with Gasteiger partial charge >= 0.3 is 0 Å². The van der Waals surface area contributed by atoms with Crippen LogP contribution in [0, 0.1) is 5.82 Å². The van der Waals surface area contributed by atoms with Crippen LogP contribution in [0.3, 0.4) is 0 Å². The Morgan fingerprint density at radius 3 is 2.37 bits per heavy atom. The van der Waals surface area contributed by atoms with E-state index < -0.39 is 0 Å². The van der Waals surface area contributed by atoms with Gasteiger partial charge in [-0.3, -0.25) is 14.5 Å². The molecule has 0 aromatic heterocycles. The molecule has 0 aliphatic carbocycles. The largest absolute Gasteiger partial charge is 0.454 e. The highest BCUT2D eigenvalue weighted by atomic mass is 19.1. The average molecular weight is 408 g/mol. The van der Waals surface area contributed by atoms with Crippen molar-refractivity contribution in [3.8, 4) is 11.5 Å². The zero-order valence-electron chi connectivity index (χ0n) is 16.4.